The third-order valence-electron chi connectivity index (χ3n) is 3.82. The van der Waals surface area contributed by atoms with E-state index in [0.717, 1.165) is 16.2 Å². The minimum Gasteiger partial charge on any atom is -0.497 e. The first-order valence-electron chi connectivity index (χ1n) is 7.86. The van der Waals surface area contributed by atoms with Crippen molar-refractivity contribution in [2.45, 2.75) is 17.4 Å². The predicted octanol–water partition coefficient (Wildman–Crippen LogP) is 2.61. The highest BCUT2D eigenvalue weighted by molar-refractivity contribution is 7.98. The van der Waals surface area contributed by atoms with Gasteiger partial charge in [0.2, 0.25) is 10.0 Å². The Kier molecular flexibility index (Phi) is 7.31. The lowest BCUT2D eigenvalue weighted by Gasteiger charge is -2.13. The number of sulfonamides is 1. The Bertz CT molecular complexity index is 759. The van der Waals surface area contributed by atoms with Crippen molar-refractivity contribution in [1.29, 1.82) is 0 Å². The molecule has 5 nitrogen and oxygen atoms in total. The van der Waals surface area contributed by atoms with Crippen LogP contribution in [-0.2, 0) is 16.4 Å². The number of benzene rings is 2. The third kappa shape index (κ3) is 6.36. The molecule has 0 spiro atoms. The molecule has 0 aliphatic carbocycles. The second-order valence-electron chi connectivity index (χ2n) is 5.55. The van der Waals surface area contributed by atoms with Gasteiger partial charge >= 0.3 is 0 Å². The Hall–Kier alpha value is -1.54. The first-order valence-corrected chi connectivity index (χ1v) is 10.7. The Morgan fingerprint density at radius 1 is 1.12 bits per heavy atom. The Labute approximate surface area is 153 Å². The normalized spacial score (nSPS) is 12.8. The lowest BCUT2D eigenvalue weighted by Crippen LogP contribution is -2.31. The molecule has 0 bridgehead atoms. The molecule has 2 aromatic rings. The molecular weight excluding hydrogens is 358 g/mol. The highest BCUT2D eigenvalue weighted by Crippen LogP contribution is 2.19. The van der Waals surface area contributed by atoms with Crippen LogP contribution in [0.4, 0.5) is 0 Å². The average Bonchev–Trinajstić information content (AvgIpc) is 2.65. The second kappa shape index (κ2) is 9.24. The van der Waals surface area contributed by atoms with Crippen molar-refractivity contribution in [2.24, 2.45) is 0 Å². The van der Waals surface area contributed by atoms with Crippen LogP contribution in [0.1, 0.15) is 17.2 Å². The molecule has 0 fully saturated rings. The smallest absolute Gasteiger partial charge is 0.212 e. The molecule has 25 heavy (non-hydrogen) atoms. The van der Waals surface area contributed by atoms with Crippen molar-refractivity contribution >= 4 is 21.8 Å². The van der Waals surface area contributed by atoms with Crippen LogP contribution < -0.4 is 9.46 Å². The summed E-state index contributed by atoms with van der Waals surface area (Å²) in [5.74, 6) is 0.706. The van der Waals surface area contributed by atoms with Gasteiger partial charge in [0.25, 0.3) is 0 Å². The lowest BCUT2D eigenvalue weighted by molar-refractivity contribution is 0.182. The van der Waals surface area contributed by atoms with Crippen molar-refractivity contribution in [1.82, 2.24) is 4.72 Å². The van der Waals surface area contributed by atoms with Crippen molar-refractivity contribution < 1.29 is 18.3 Å². The molecule has 0 heterocycles. The second-order valence-corrected chi connectivity index (χ2v) is 8.36. The van der Waals surface area contributed by atoms with Crippen molar-refractivity contribution in [3.8, 4) is 5.75 Å². The van der Waals surface area contributed by atoms with Gasteiger partial charge in [0, 0.05) is 11.4 Å². The van der Waals surface area contributed by atoms with Crippen molar-refractivity contribution in [2.75, 3.05) is 25.7 Å². The van der Waals surface area contributed by atoms with E-state index in [1.54, 1.807) is 31.0 Å². The predicted molar refractivity (Wildman–Crippen MR) is 102 cm³/mol. The van der Waals surface area contributed by atoms with Crippen LogP contribution in [0, 0.1) is 0 Å². The molecule has 0 saturated carbocycles. The van der Waals surface area contributed by atoms with E-state index in [0.29, 0.717) is 12.0 Å². The summed E-state index contributed by atoms with van der Waals surface area (Å²) in [7, 11) is -1.87. The lowest BCUT2D eigenvalue weighted by atomic mass is 10.1. The molecule has 0 aromatic heterocycles. The van der Waals surface area contributed by atoms with Gasteiger partial charge in [-0.05, 0) is 48.1 Å². The maximum Gasteiger partial charge on any atom is 0.212 e. The summed E-state index contributed by atoms with van der Waals surface area (Å²) in [6.45, 7) is -0.0381. The largest absolute Gasteiger partial charge is 0.497 e. The number of methoxy groups -OCH3 is 1. The molecule has 0 unspecified atom stereocenters. The fourth-order valence-electron chi connectivity index (χ4n) is 2.27. The van der Waals surface area contributed by atoms with Gasteiger partial charge in [-0.3, -0.25) is 0 Å². The number of thioether (sulfide) groups is 1. The zero-order valence-corrected chi connectivity index (χ0v) is 15.9. The molecule has 0 aliphatic heterocycles. The summed E-state index contributed by atoms with van der Waals surface area (Å²) in [6, 6.07) is 14.7. The van der Waals surface area contributed by atoms with Crippen LogP contribution in [-0.4, -0.2) is 39.2 Å². The van der Waals surface area contributed by atoms with E-state index < -0.39 is 16.1 Å². The van der Waals surface area contributed by atoms with E-state index >= 15 is 0 Å². The zero-order chi connectivity index (χ0) is 18.3. The maximum absolute atomic E-state index is 12.1. The van der Waals surface area contributed by atoms with Gasteiger partial charge in [0.15, 0.2) is 0 Å². The van der Waals surface area contributed by atoms with Gasteiger partial charge < -0.3 is 9.84 Å². The summed E-state index contributed by atoms with van der Waals surface area (Å²) in [4.78, 5) is 1.09. The first kappa shape index (κ1) is 19.8. The van der Waals surface area contributed by atoms with Gasteiger partial charge in [-0.1, -0.05) is 24.3 Å². The van der Waals surface area contributed by atoms with Crippen molar-refractivity contribution in [3.63, 3.8) is 0 Å². The van der Waals surface area contributed by atoms with Crippen molar-refractivity contribution in [3.05, 3.63) is 59.7 Å². The van der Waals surface area contributed by atoms with Crippen LogP contribution in [0.2, 0.25) is 0 Å². The fraction of sp³-hybridized carbons (Fsp3) is 0.333. The van der Waals surface area contributed by atoms with E-state index in [-0.39, 0.29) is 12.3 Å². The minimum atomic E-state index is -3.46. The number of nitrogens with one attached hydrogen (secondary N) is 1. The molecular formula is C18H23NO4S2. The van der Waals surface area contributed by atoms with Gasteiger partial charge in [0.05, 0.1) is 19.0 Å². The van der Waals surface area contributed by atoms with E-state index in [1.807, 2.05) is 42.7 Å². The van der Waals surface area contributed by atoms with Crippen LogP contribution in [0.5, 0.6) is 5.75 Å². The number of aryl methyl sites for hydroxylation is 1. The molecule has 2 rings (SSSR count). The number of hydrogen-bond acceptors (Lipinski definition) is 5. The Morgan fingerprint density at radius 2 is 1.76 bits per heavy atom. The van der Waals surface area contributed by atoms with Gasteiger partial charge in [-0.15, -0.1) is 11.8 Å². The highest BCUT2D eigenvalue weighted by Gasteiger charge is 2.14. The standard InChI is InChI=1S/C18H23NO4S2/c1-23-16-7-3-14(4-8-16)11-12-25(21,22)19-13-18(20)15-5-9-17(24-2)10-6-15/h3-10,18-20H,11-13H2,1-2H3/t18-/m0/s1. The summed E-state index contributed by atoms with van der Waals surface area (Å²) in [6.07, 6.45) is 1.51. The molecule has 0 aliphatic rings. The molecule has 0 saturated heterocycles. The van der Waals surface area contributed by atoms with Gasteiger partial charge in [0.1, 0.15) is 5.75 Å². The van der Waals surface area contributed by atoms with E-state index in [2.05, 4.69) is 4.72 Å². The van der Waals surface area contributed by atoms with E-state index in [4.69, 9.17) is 4.74 Å². The third-order valence-corrected chi connectivity index (χ3v) is 5.91. The summed E-state index contributed by atoms with van der Waals surface area (Å²) < 4.78 is 31.8. The minimum absolute atomic E-state index is 0.0303. The molecule has 0 amide bonds. The molecule has 1 atom stereocenters. The van der Waals surface area contributed by atoms with Gasteiger partial charge in [-0.2, -0.15) is 0 Å². The number of hydrogen-bond donors (Lipinski definition) is 2. The zero-order valence-electron chi connectivity index (χ0n) is 14.3. The topological polar surface area (TPSA) is 75.6 Å². The molecule has 2 aromatic carbocycles. The molecule has 0 radical (unpaired) electrons. The Morgan fingerprint density at radius 3 is 2.32 bits per heavy atom. The quantitative estimate of drug-likeness (QED) is 0.653. The van der Waals surface area contributed by atoms with E-state index in [1.165, 1.54) is 0 Å². The average molecular weight is 382 g/mol. The van der Waals surface area contributed by atoms with Crippen LogP contribution in [0.25, 0.3) is 0 Å². The number of rotatable bonds is 9. The van der Waals surface area contributed by atoms with Crippen LogP contribution >= 0.6 is 11.8 Å². The molecule has 7 heteroatoms. The summed E-state index contributed by atoms with van der Waals surface area (Å²) in [5, 5.41) is 10.1. The highest BCUT2D eigenvalue weighted by atomic mass is 32.2. The summed E-state index contributed by atoms with van der Waals surface area (Å²) in [5.41, 5.74) is 1.61. The SMILES string of the molecule is COc1ccc(CCS(=O)(=O)NC[C@H](O)c2ccc(SC)cc2)cc1. The molecule has 2 N–H and O–H groups in total. The van der Waals surface area contributed by atoms with Gasteiger partial charge in [-0.25, -0.2) is 13.1 Å². The molecule has 136 valence electrons. The Balaban J connectivity index is 1.84. The number of aliphatic hydroxyl groups excluding tert-OH is 1. The monoisotopic (exact) mass is 381 g/mol. The number of aliphatic hydroxyl groups is 1. The maximum atomic E-state index is 12.1. The summed E-state index contributed by atoms with van der Waals surface area (Å²) >= 11 is 1.61. The van der Waals surface area contributed by atoms with E-state index in [9.17, 15) is 13.5 Å². The van der Waals surface area contributed by atoms with Crippen LogP contribution in [0.15, 0.2) is 53.4 Å². The fourth-order valence-corrected chi connectivity index (χ4v) is 3.74. The van der Waals surface area contributed by atoms with Crippen LogP contribution in [0.3, 0.4) is 0 Å². The first-order chi connectivity index (χ1) is 11.9. The number of ether oxygens (including phenoxy) is 1.